The molecule has 4 heteroatoms. The molecule has 0 amide bonds. The molecule has 1 aliphatic rings. The molecular weight excluding hydrogens is 332 g/mol. The Bertz CT molecular complexity index is 712. The number of ketones is 3. The van der Waals surface area contributed by atoms with E-state index >= 15 is 0 Å². The first kappa shape index (κ1) is 13.9. The third-order valence-electron chi connectivity index (χ3n) is 3.67. The highest BCUT2D eigenvalue weighted by Crippen LogP contribution is 2.33. The van der Waals surface area contributed by atoms with Crippen LogP contribution in [0.3, 0.4) is 0 Å². The van der Waals surface area contributed by atoms with E-state index in [1.165, 1.54) is 0 Å². The van der Waals surface area contributed by atoms with Crippen LogP contribution < -0.4 is 0 Å². The molecule has 1 aliphatic carbocycles. The van der Waals surface area contributed by atoms with Gasteiger partial charge in [-0.25, -0.2) is 0 Å². The fourth-order valence-corrected chi connectivity index (χ4v) is 2.91. The number of hydrogen-bond donors (Lipinski definition) is 0. The van der Waals surface area contributed by atoms with Crippen molar-refractivity contribution < 1.29 is 14.4 Å². The molecule has 0 saturated heterocycles. The first-order chi connectivity index (χ1) is 10.1. The second kappa shape index (κ2) is 5.37. The summed E-state index contributed by atoms with van der Waals surface area (Å²) in [5.74, 6) is -1.16. The molecule has 104 valence electrons. The molecular formula is C17H11BrO3. The maximum Gasteiger partial charge on any atom is 0.178 e. The van der Waals surface area contributed by atoms with Crippen molar-refractivity contribution in [3.63, 3.8) is 0 Å². The number of carbonyl (C=O) groups is 3. The Morgan fingerprint density at radius 2 is 1.43 bits per heavy atom. The minimum absolute atomic E-state index is 0.0334. The smallest absolute Gasteiger partial charge is 0.178 e. The molecule has 0 spiro atoms. The molecule has 0 aromatic heterocycles. The van der Waals surface area contributed by atoms with Gasteiger partial charge in [-0.3, -0.25) is 14.4 Å². The Morgan fingerprint density at radius 3 is 1.90 bits per heavy atom. The maximum atomic E-state index is 12.4. The van der Waals surface area contributed by atoms with Crippen molar-refractivity contribution in [3.8, 4) is 0 Å². The van der Waals surface area contributed by atoms with Crippen LogP contribution in [0.15, 0.2) is 48.5 Å². The van der Waals surface area contributed by atoms with E-state index < -0.39 is 5.92 Å². The van der Waals surface area contributed by atoms with Gasteiger partial charge in [0.2, 0.25) is 0 Å². The summed E-state index contributed by atoms with van der Waals surface area (Å²) in [7, 11) is 0. The zero-order valence-electron chi connectivity index (χ0n) is 11.0. The topological polar surface area (TPSA) is 51.2 Å². The second-order valence-corrected chi connectivity index (χ2v) is 5.45. The van der Waals surface area contributed by atoms with Crippen LogP contribution in [0, 0.1) is 0 Å². The predicted octanol–water partition coefficient (Wildman–Crippen LogP) is 3.43. The third kappa shape index (κ3) is 2.25. The van der Waals surface area contributed by atoms with Crippen LogP contribution in [-0.4, -0.2) is 22.7 Å². The lowest BCUT2D eigenvalue weighted by Gasteiger charge is -2.08. The van der Waals surface area contributed by atoms with Crippen LogP contribution in [0.25, 0.3) is 0 Å². The maximum absolute atomic E-state index is 12.4. The average Bonchev–Trinajstić information content (AvgIpc) is 2.79. The van der Waals surface area contributed by atoms with E-state index in [2.05, 4.69) is 15.9 Å². The zero-order valence-corrected chi connectivity index (χ0v) is 12.6. The van der Waals surface area contributed by atoms with Crippen molar-refractivity contribution in [3.05, 3.63) is 70.8 Å². The number of benzene rings is 2. The average molecular weight is 343 g/mol. The van der Waals surface area contributed by atoms with Crippen molar-refractivity contribution in [2.45, 2.75) is 5.92 Å². The second-order valence-electron chi connectivity index (χ2n) is 4.89. The van der Waals surface area contributed by atoms with Crippen LogP contribution in [0.5, 0.6) is 0 Å². The molecule has 0 fully saturated rings. The van der Waals surface area contributed by atoms with Crippen molar-refractivity contribution in [1.29, 1.82) is 0 Å². The Balaban J connectivity index is 1.97. The minimum atomic E-state index is -0.782. The molecule has 21 heavy (non-hydrogen) atoms. The molecule has 0 heterocycles. The van der Waals surface area contributed by atoms with E-state index in [4.69, 9.17) is 0 Å². The highest BCUT2D eigenvalue weighted by atomic mass is 79.9. The standard InChI is InChI=1S/C17H11BrO3/c18-9-14(19)10-5-7-11(8-6-10)15-16(20)12-3-1-2-4-13(12)17(15)21/h1-8,15H,9H2. The van der Waals surface area contributed by atoms with E-state index in [9.17, 15) is 14.4 Å². The molecule has 2 aromatic carbocycles. The van der Waals surface area contributed by atoms with Gasteiger partial charge < -0.3 is 0 Å². The molecule has 0 aliphatic heterocycles. The van der Waals surface area contributed by atoms with Crippen molar-refractivity contribution in [2.75, 3.05) is 5.33 Å². The van der Waals surface area contributed by atoms with Gasteiger partial charge >= 0.3 is 0 Å². The largest absolute Gasteiger partial charge is 0.293 e. The quantitative estimate of drug-likeness (QED) is 0.487. The molecule has 3 nitrogen and oxygen atoms in total. The number of fused-ring (bicyclic) bond motifs is 1. The number of carbonyl (C=O) groups excluding carboxylic acids is 3. The van der Waals surface area contributed by atoms with Gasteiger partial charge in [-0.2, -0.15) is 0 Å². The highest BCUT2D eigenvalue weighted by Gasteiger charge is 2.39. The van der Waals surface area contributed by atoms with Crippen LogP contribution in [-0.2, 0) is 0 Å². The summed E-state index contributed by atoms with van der Waals surface area (Å²) in [6.07, 6.45) is 0. The molecule has 0 atom stereocenters. The van der Waals surface area contributed by atoms with E-state index in [0.29, 0.717) is 22.3 Å². The third-order valence-corrected chi connectivity index (χ3v) is 4.18. The van der Waals surface area contributed by atoms with Crippen molar-refractivity contribution >= 4 is 33.3 Å². The van der Waals surface area contributed by atoms with Gasteiger partial charge in [0, 0.05) is 16.7 Å². The van der Waals surface area contributed by atoms with Gasteiger partial charge in [-0.1, -0.05) is 64.5 Å². The summed E-state index contributed by atoms with van der Waals surface area (Å²) in [6, 6.07) is 13.5. The lowest BCUT2D eigenvalue weighted by atomic mass is 9.93. The first-order valence-corrected chi connectivity index (χ1v) is 7.62. The van der Waals surface area contributed by atoms with Crippen molar-refractivity contribution in [1.82, 2.24) is 0 Å². The number of alkyl halides is 1. The Labute approximate surface area is 130 Å². The SMILES string of the molecule is O=C(CBr)c1ccc(C2C(=O)c3ccccc3C2=O)cc1. The number of Topliss-reactive ketones (excluding diaryl/α,β-unsaturated/α-hetero) is 3. The molecule has 3 rings (SSSR count). The van der Waals surface area contributed by atoms with Gasteiger partial charge in [-0.05, 0) is 5.56 Å². The van der Waals surface area contributed by atoms with Crippen LogP contribution in [0.4, 0.5) is 0 Å². The number of halogens is 1. The van der Waals surface area contributed by atoms with Crippen LogP contribution >= 0.6 is 15.9 Å². The Morgan fingerprint density at radius 1 is 0.905 bits per heavy atom. The van der Waals surface area contributed by atoms with Crippen LogP contribution in [0.1, 0.15) is 42.6 Å². The first-order valence-electron chi connectivity index (χ1n) is 6.50. The number of hydrogen-bond acceptors (Lipinski definition) is 3. The molecule has 0 N–H and O–H groups in total. The molecule has 0 radical (unpaired) electrons. The predicted molar refractivity (Wildman–Crippen MR) is 82.4 cm³/mol. The fraction of sp³-hybridized carbons (Fsp3) is 0.118. The monoisotopic (exact) mass is 342 g/mol. The summed E-state index contributed by atoms with van der Waals surface area (Å²) >= 11 is 3.12. The van der Waals surface area contributed by atoms with Gasteiger partial charge in [0.15, 0.2) is 17.3 Å². The normalized spacial score (nSPS) is 14.3. The summed E-state index contributed by atoms with van der Waals surface area (Å²) in [5, 5.41) is 0.249. The minimum Gasteiger partial charge on any atom is -0.293 e. The molecule has 2 aromatic rings. The summed E-state index contributed by atoms with van der Waals surface area (Å²) in [4.78, 5) is 36.3. The summed E-state index contributed by atoms with van der Waals surface area (Å²) < 4.78 is 0. The fourth-order valence-electron chi connectivity index (χ4n) is 2.58. The lowest BCUT2D eigenvalue weighted by Crippen LogP contribution is -2.13. The van der Waals surface area contributed by atoms with Crippen LogP contribution in [0.2, 0.25) is 0 Å². The van der Waals surface area contributed by atoms with E-state index in [0.717, 1.165) is 0 Å². The van der Waals surface area contributed by atoms with Gasteiger partial charge in [0.25, 0.3) is 0 Å². The molecule has 0 unspecified atom stereocenters. The van der Waals surface area contributed by atoms with E-state index in [1.54, 1.807) is 48.5 Å². The van der Waals surface area contributed by atoms with Gasteiger partial charge in [-0.15, -0.1) is 0 Å². The number of rotatable bonds is 3. The summed E-state index contributed by atoms with van der Waals surface area (Å²) in [6.45, 7) is 0. The highest BCUT2D eigenvalue weighted by molar-refractivity contribution is 9.09. The van der Waals surface area contributed by atoms with Crippen molar-refractivity contribution in [2.24, 2.45) is 0 Å². The summed E-state index contributed by atoms with van der Waals surface area (Å²) in [5.41, 5.74) is 2.15. The Kier molecular flexibility index (Phi) is 3.55. The molecule has 0 bridgehead atoms. The zero-order chi connectivity index (χ0) is 15.0. The Hall–Kier alpha value is -2.07. The van der Waals surface area contributed by atoms with Gasteiger partial charge in [0.1, 0.15) is 5.92 Å². The van der Waals surface area contributed by atoms with Gasteiger partial charge in [0.05, 0.1) is 5.33 Å². The van der Waals surface area contributed by atoms with E-state index in [1.807, 2.05) is 0 Å². The van der Waals surface area contributed by atoms with E-state index in [-0.39, 0.29) is 22.7 Å². The lowest BCUT2D eigenvalue weighted by molar-refractivity contribution is 0.0889. The molecule has 0 saturated carbocycles.